The van der Waals surface area contributed by atoms with Gasteiger partial charge in [-0.05, 0) is 63.1 Å². The highest BCUT2D eigenvalue weighted by atomic mass is 31.2. The van der Waals surface area contributed by atoms with Crippen LogP contribution >= 0.6 is 8.38 Å². The van der Waals surface area contributed by atoms with Crippen molar-refractivity contribution in [2.45, 2.75) is 45.0 Å². The second kappa shape index (κ2) is 8.55. The van der Waals surface area contributed by atoms with Gasteiger partial charge >= 0.3 is 5.97 Å². The van der Waals surface area contributed by atoms with Crippen molar-refractivity contribution in [1.82, 2.24) is 0 Å². The molecule has 0 aromatic heterocycles. The van der Waals surface area contributed by atoms with E-state index in [9.17, 15) is 4.79 Å². The highest BCUT2D eigenvalue weighted by Gasteiger charge is 2.50. The molecule has 5 heteroatoms. The lowest BCUT2D eigenvalue weighted by Gasteiger charge is -2.29. The van der Waals surface area contributed by atoms with Gasteiger partial charge in [-0.25, -0.2) is 4.79 Å². The van der Waals surface area contributed by atoms with Crippen LogP contribution in [0.3, 0.4) is 0 Å². The Hall–Kier alpha value is -2.52. The Morgan fingerprint density at radius 1 is 0.742 bits per heavy atom. The van der Waals surface area contributed by atoms with Crippen LogP contribution in [0.25, 0.3) is 0 Å². The summed E-state index contributed by atoms with van der Waals surface area (Å²) in [5.74, 6) is -0.369. The highest BCUT2D eigenvalue weighted by molar-refractivity contribution is 7.56. The molecular weight excluding hydrogens is 407 g/mol. The molecule has 0 amide bonds. The summed E-state index contributed by atoms with van der Waals surface area (Å²) in [6, 6.07) is 26.9. The SMILES string of the molecule is CC1(C)OP(c2ccc(C(=O)OC(c3ccccc3)c3ccccc3)cc2)OC1(C)C. The minimum atomic E-state index is -1.19. The van der Waals surface area contributed by atoms with Gasteiger partial charge in [-0.1, -0.05) is 60.7 Å². The average Bonchev–Trinajstić information content (AvgIpc) is 3.00. The summed E-state index contributed by atoms with van der Waals surface area (Å²) < 4.78 is 18.3. The molecule has 4 nitrogen and oxygen atoms in total. The van der Waals surface area contributed by atoms with E-state index in [0.29, 0.717) is 5.56 Å². The van der Waals surface area contributed by atoms with Crippen LogP contribution in [0.5, 0.6) is 0 Å². The van der Waals surface area contributed by atoms with Gasteiger partial charge in [0.25, 0.3) is 0 Å². The minimum absolute atomic E-state index is 0.369. The second-order valence-electron chi connectivity index (χ2n) is 8.61. The van der Waals surface area contributed by atoms with Crippen LogP contribution < -0.4 is 5.30 Å². The molecule has 3 aromatic carbocycles. The molecule has 31 heavy (non-hydrogen) atoms. The topological polar surface area (TPSA) is 44.8 Å². The largest absolute Gasteiger partial charge is 0.449 e. The molecule has 3 aromatic rings. The quantitative estimate of drug-likeness (QED) is 0.356. The van der Waals surface area contributed by atoms with Gasteiger partial charge in [0, 0.05) is 5.30 Å². The molecule has 0 N–H and O–H groups in total. The highest BCUT2D eigenvalue weighted by Crippen LogP contribution is 2.56. The van der Waals surface area contributed by atoms with Crippen LogP contribution in [0.15, 0.2) is 84.9 Å². The van der Waals surface area contributed by atoms with Gasteiger partial charge in [0.05, 0.1) is 16.8 Å². The van der Waals surface area contributed by atoms with Crippen molar-refractivity contribution < 1.29 is 18.6 Å². The number of carbonyl (C=O) groups is 1. The Bertz CT molecular complexity index is 975. The van der Waals surface area contributed by atoms with E-state index in [1.807, 2.05) is 100 Å². The van der Waals surface area contributed by atoms with Crippen LogP contribution in [-0.2, 0) is 13.8 Å². The Morgan fingerprint density at radius 3 is 1.65 bits per heavy atom. The van der Waals surface area contributed by atoms with Crippen LogP contribution in [0.4, 0.5) is 0 Å². The van der Waals surface area contributed by atoms with Gasteiger partial charge in [0.15, 0.2) is 6.10 Å². The Kier molecular flexibility index (Phi) is 5.98. The lowest BCUT2D eigenvalue weighted by molar-refractivity contribution is 0.00578. The van der Waals surface area contributed by atoms with Crippen LogP contribution in [0.1, 0.15) is 55.3 Å². The molecule has 0 radical (unpaired) electrons. The van der Waals surface area contributed by atoms with Crippen molar-refractivity contribution in [3.05, 3.63) is 102 Å². The van der Waals surface area contributed by atoms with E-state index in [1.165, 1.54) is 0 Å². The van der Waals surface area contributed by atoms with E-state index in [-0.39, 0.29) is 17.2 Å². The number of rotatable bonds is 5. The van der Waals surface area contributed by atoms with Gasteiger partial charge in [-0.15, -0.1) is 0 Å². The molecule has 0 spiro atoms. The van der Waals surface area contributed by atoms with Crippen molar-refractivity contribution in [3.63, 3.8) is 0 Å². The number of esters is 1. The van der Waals surface area contributed by atoms with Gasteiger partial charge in [-0.2, -0.15) is 0 Å². The van der Waals surface area contributed by atoms with Crippen molar-refractivity contribution in [2.24, 2.45) is 0 Å². The molecule has 1 aliphatic heterocycles. The first-order chi connectivity index (χ1) is 14.8. The zero-order valence-electron chi connectivity index (χ0n) is 18.2. The second-order valence-corrected chi connectivity index (χ2v) is 10.0. The first kappa shape index (κ1) is 21.7. The monoisotopic (exact) mass is 434 g/mol. The molecule has 4 rings (SSSR count). The van der Waals surface area contributed by atoms with Gasteiger partial charge in [-0.3, -0.25) is 0 Å². The predicted molar refractivity (Wildman–Crippen MR) is 123 cm³/mol. The molecule has 1 aliphatic rings. The van der Waals surface area contributed by atoms with Crippen molar-refractivity contribution in [3.8, 4) is 0 Å². The van der Waals surface area contributed by atoms with Gasteiger partial charge in [0.2, 0.25) is 8.38 Å². The Morgan fingerprint density at radius 2 is 1.19 bits per heavy atom. The molecule has 160 valence electrons. The third-order valence-electron chi connectivity index (χ3n) is 5.82. The van der Waals surface area contributed by atoms with Gasteiger partial charge in [0.1, 0.15) is 0 Å². The van der Waals surface area contributed by atoms with Crippen molar-refractivity contribution >= 4 is 19.6 Å². The molecule has 1 saturated heterocycles. The van der Waals surface area contributed by atoms with Crippen LogP contribution in [-0.4, -0.2) is 17.2 Å². The fourth-order valence-corrected chi connectivity index (χ4v) is 5.15. The number of hydrogen-bond donors (Lipinski definition) is 0. The standard InChI is InChI=1S/C26H27O4P/c1-25(2)26(3,4)30-31(29-25)22-17-15-21(16-18-22)24(27)28-23(19-11-7-5-8-12-19)20-13-9-6-10-14-20/h5-18,23H,1-4H3. The fraction of sp³-hybridized carbons (Fsp3) is 0.269. The third-order valence-corrected chi connectivity index (χ3v) is 7.78. The smallest absolute Gasteiger partial charge is 0.339 e. The van der Waals surface area contributed by atoms with Crippen molar-refractivity contribution in [2.75, 3.05) is 0 Å². The molecular formula is C26H27O4P. The number of carbonyl (C=O) groups excluding carboxylic acids is 1. The zero-order chi connectivity index (χ0) is 22.1. The maximum absolute atomic E-state index is 13.0. The van der Waals surface area contributed by atoms with E-state index >= 15 is 0 Å². The molecule has 0 atom stereocenters. The summed E-state index contributed by atoms with van der Waals surface area (Å²) in [5.41, 5.74) is 1.59. The molecule has 0 unspecified atom stereocenters. The Balaban J connectivity index is 1.53. The maximum Gasteiger partial charge on any atom is 0.339 e. The number of ether oxygens (including phenoxy) is 1. The lowest BCUT2D eigenvalue weighted by atomic mass is 9.90. The predicted octanol–water partition coefficient (Wildman–Crippen LogP) is 6.17. The summed E-state index contributed by atoms with van der Waals surface area (Å²) >= 11 is 0. The minimum Gasteiger partial charge on any atom is -0.449 e. The van der Waals surface area contributed by atoms with E-state index in [0.717, 1.165) is 16.4 Å². The van der Waals surface area contributed by atoms with Crippen LogP contribution in [0, 0.1) is 0 Å². The molecule has 0 bridgehead atoms. The molecule has 0 aliphatic carbocycles. The molecule has 1 fully saturated rings. The fourth-order valence-electron chi connectivity index (χ4n) is 3.24. The number of benzene rings is 3. The van der Waals surface area contributed by atoms with E-state index in [2.05, 4.69) is 0 Å². The zero-order valence-corrected chi connectivity index (χ0v) is 19.1. The van der Waals surface area contributed by atoms with E-state index < -0.39 is 14.5 Å². The van der Waals surface area contributed by atoms with Gasteiger partial charge < -0.3 is 13.8 Å². The molecule has 0 saturated carbocycles. The summed E-state index contributed by atoms with van der Waals surface area (Å²) in [6.07, 6.45) is -0.470. The lowest BCUT2D eigenvalue weighted by Crippen LogP contribution is -2.41. The molecule has 1 heterocycles. The third kappa shape index (κ3) is 4.57. The summed E-state index contributed by atoms with van der Waals surface area (Å²) in [6.45, 7) is 8.14. The summed E-state index contributed by atoms with van der Waals surface area (Å²) in [7, 11) is -1.19. The average molecular weight is 434 g/mol. The normalized spacial score (nSPS) is 17.6. The number of hydrogen-bond acceptors (Lipinski definition) is 4. The van der Waals surface area contributed by atoms with E-state index in [1.54, 1.807) is 12.1 Å². The summed E-state index contributed by atoms with van der Waals surface area (Å²) in [5, 5.41) is 0.938. The maximum atomic E-state index is 13.0. The summed E-state index contributed by atoms with van der Waals surface area (Å²) in [4.78, 5) is 13.0. The first-order valence-corrected chi connectivity index (χ1v) is 11.5. The van der Waals surface area contributed by atoms with Crippen molar-refractivity contribution in [1.29, 1.82) is 0 Å². The Labute approximate surface area is 185 Å². The van der Waals surface area contributed by atoms with Crippen LogP contribution in [0.2, 0.25) is 0 Å². The van der Waals surface area contributed by atoms with E-state index in [4.69, 9.17) is 13.8 Å². The first-order valence-electron chi connectivity index (χ1n) is 10.4.